The maximum atomic E-state index is 13.1. The van der Waals surface area contributed by atoms with Gasteiger partial charge in [-0.3, -0.25) is 0 Å². The molecule has 10 nitrogen and oxygen atoms in total. The summed E-state index contributed by atoms with van der Waals surface area (Å²) in [5.41, 5.74) is -0.0740. The second-order valence-electron chi connectivity index (χ2n) is 6.51. The smallest absolute Gasteiger partial charge is 0.389 e. The number of thioether (sulfide) groups is 1. The van der Waals surface area contributed by atoms with E-state index >= 15 is 0 Å². The van der Waals surface area contributed by atoms with Gasteiger partial charge in [-0.1, -0.05) is 37.9 Å². The third kappa shape index (κ3) is 8.79. The van der Waals surface area contributed by atoms with E-state index in [1.54, 1.807) is 19.1 Å². The Morgan fingerprint density at radius 3 is 2.34 bits per heavy atom. The van der Waals surface area contributed by atoms with Crippen LogP contribution < -0.4 is 9.47 Å². The molecule has 0 fully saturated rings. The van der Waals surface area contributed by atoms with Crippen molar-refractivity contribution in [1.82, 2.24) is 9.97 Å². The van der Waals surface area contributed by atoms with Crippen LogP contribution in [-0.2, 0) is 19.0 Å². The summed E-state index contributed by atoms with van der Waals surface area (Å²) in [5, 5.41) is -0.538. The highest BCUT2D eigenvalue weighted by Gasteiger charge is 2.31. The summed E-state index contributed by atoms with van der Waals surface area (Å²) in [5.74, 6) is -1.10. The van der Waals surface area contributed by atoms with Gasteiger partial charge >= 0.3 is 23.5 Å². The first-order chi connectivity index (χ1) is 16.8. The highest BCUT2D eigenvalue weighted by atomic mass is 35.5. The molecular formula is C22H25ClN2O8S2. The monoisotopic (exact) mass is 544 g/mol. The molecule has 0 aliphatic heterocycles. The Balaban J connectivity index is 2.32. The Morgan fingerprint density at radius 1 is 1.06 bits per heavy atom. The number of esters is 2. The second kappa shape index (κ2) is 14.6. The fourth-order valence-corrected chi connectivity index (χ4v) is 4.03. The molecule has 1 aromatic carbocycles. The Kier molecular flexibility index (Phi) is 11.9. The van der Waals surface area contributed by atoms with Gasteiger partial charge in [-0.25, -0.2) is 14.4 Å². The molecule has 0 spiro atoms. The number of nitrogens with zero attached hydrogens (tertiary/aromatic N) is 2. The minimum atomic E-state index is -1.90. The Hall–Kier alpha value is -2.70. The van der Waals surface area contributed by atoms with Crippen LogP contribution >= 0.6 is 35.1 Å². The predicted octanol–water partition coefficient (Wildman–Crippen LogP) is 5.01. The minimum Gasteiger partial charge on any atom is -0.481 e. The van der Waals surface area contributed by atoms with Crippen LogP contribution in [0.2, 0.25) is 5.02 Å². The van der Waals surface area contributed by atoms with E-state index in [1.165, 1.54) is 26.4 Å². The van der Waals surface area contributed by atoms with Crippen LogP contribution in [0.1, 0.15) is 37.0 Å². The van der Waals surface area contributed by atoms with Crippen molar-refractivity contribution in [3.63, 3.8) is 0 Å². The van der Waals surface area contributed by atoms with Crippen molar-refractivity contribution < 1.29 is 38.1 Å². The molecule has 0 saturated carbocycles. The third-order valence-electron chi connectivity index (χ3n) is 4.07. The van der Waals surface area contributed by atoms with Gasteiger partial charge in [0, 0.05) is 10.6 Å². The number of methoxy groups -OCH3 is 2. The fourth-order valence-electron chi connectivity index (χ4n) is 2.43. The summed E-state index contributed by atoms with van der Waals surface area (Å²) < 4.78 is 25.6. The van der Waals surface area contributed by atoms with Crippen LogP contribution in [-0.4, -0.2) is 60.1 Å². The van der Waals surface area contributed by atoms with Crippen molar-refractivity contribution in [3.05, 3.63) is 34.9 Å². The highest BCUT2D eigenvalue weighted by molar-refractivity contribution is 8.13. The standard InChI is InChI=1S/C22H25ClN2O8S2/c1-5-7-11-31-19(27)20(33-22(28)34-6-2)32-18(26)17-13(23)9-8-10-14(17)35-21-24-15(29-3)12-16(25-21)30-4/h8-10,12,20H,5-7,11H2,1-4H3. The number of benzene rings is 1. The van der Waals surface area contributed by atoms with Gasteiger partial charge in [-0.05, 0) is 42.1 Å². The molecular weight excluding hydrogens is 520 g/mol. The fraction of sp³-hybridized carbons (Fsp3) is 0.409. The van der Waals surface area contributed by atoms with E-state index in [1.807, 2.05) is 6.92 Å². The van der Waals surface area contributed by atoms with E-state index in [2.05, 4.69) is 9.97 Å². The number of halogens is 1. The van der Waals surface area contributed by atoms with Crippen molar-refractivity contribution in [2.45, 2.75) is 43.0 Å². The van der Waals surface area contributed by atoms with Gasteiger partial charge in [-0.2, -0.15) is 9.97 Å². The lowest BCUT2D eigenvalue weighted by molar-refractivity contribution is -0.172. The van der Waals surface area contributed by atoms with Crippen LogP contribution in [0.5, 0.6) is 11.8 Å². The third-order valence-corrected chi connectivity index (χ3v) is 5.93. The molecule has 2 aromatic rings. The molecule has 35 heavy (non-hydrogen) atoms. The van der Waals surface area contributed by atoms with Gasteiger partial charge in [0.2, 0.25) is 11.8 Å². The molecule has 1 atom stereocenters. The number of unbranched alkanes of at least 4 members (excludes halogenated alkanes) is 1. The summed E-state index contributed by atoms with van der Waals surface area (Å²) in [6.07, 6.45) is -0.520. The summed E-state index contributed by atoms with van der Waals surface area (Å²) in [6, 6.07) is 6.18. The van der Waals surface area contributed by atoms with E-state index in [0.29, 0.717) is 17.1 Å². The first-order valence-corrected chi connectivity index (χ1v) is 12.6. The summed E-state index contributed by atoms with van der Waals surface area (Å²) in [6.45, 7) is 3.74. The first kappa shape index (κ1) is 28.5. The molecule has 0 amide bonds. The van der Waals surface area contributed by atoms with Crippen LogP contribution in [0.3, 0.4) is 0 Å². The van der Waals surface area contributed by atoms with E-state index < -0.39 is 23.5 Å². The van der Waals surface area contributed by atoms with Crippen LogP contribution in [0.15, 0.2) is 34.3 Å². The Bertz CT molecular complexity index is 1020. The van der Waals surface area contributed by atoms with Crippen molar-refractivity contribution in [2.75, 3.05) is 26.6 Å². The molecule has 0 saturated heterocycles. The van der Waals surface area contributed by atoms with E-state index in [-0.39, 0.29) is 34.1 Å². The average Bonchev–Trinajstić information content (AvgIpc) is 2.83. The van der Waals surface area contributed by atoms with E-state index in [0.717, 1.165) is 29.9 Å². The molecule has 0 aliphatic carbocycles. The quantitative estimate of drug-likeness (QED) is 0.154. The maximum Gasteiger partial charge on any atom is 0.389 e. The summed E-state index contributed by atoms with van der Waals surface area (Å²) in [4.78, 5) is 46.3. The van der Waals surface area contributed by atoms with Crippen molar-refractivity contribution in [3.8, 4) is 11.8 Å². The number of carbonyl (C=O) groups excluding carboxylic acids is 3. The Morgan fingerprint density at radius 2 is 1.74 bits per heavy atom. The first-order valence-electron chi connectivity index (χ1n) is 10.5. The molecule has 0 aliphatic rings. The average molecular weight is 545 g/mol. The van der Waals surface area contributed by atoms with Crippen LogP contribution in [0, 0.1) is 0 Å². The Labute approximate surface area is 216 Å². The maximum absolute atomic E-state index is 13.1. The predicted molar refractivity (Wildman–Crippen MR) is 130 cm³/mol. The van der Waals surface area contributed by atoms with Crippen LogP contribution in [0.4, 0.5) is 4.79 Å². The van der Waals surface area contributed by atoms with Crippen molar-refractivity contribution in [2.24, 2.45) is 0 Å². The molecule has 1 unspecified atom stereocenters. The molecule has 0 bridgehead atoms. The van der Waals surface area contributed by atoms with Gasteiger partial charge in [-0.15, -0.1) is 0 Å². The zero-order valence-electron chi connectivity index (χ0n) is 19.6. The molecule has 0 N–H and O–H groups in total. The van der Waals surface area contributed by atoms with Gasteiger partial charge in [0.25, 0.3) is 0 Å². The second-order valence-corrected chi connectivity index (χ2v) is 9.13. The summed E-state index contributed by atoms with van der Waals surface area (Å²) >= 11 is 8.10. The topological polar surface area (TPSA) is 123 Å². The minimum absolute atomic E-state index is 0.0437. The van der Waals surface area contributed by atoms with Crippen LogP contribution in [0.25, 0.3) is 0 Å². The number of ether oxygens (including phenoxy) is 5. The van der Waals surface area contributed by atoms with Crippen molar-refractivity contribution in [1.29, 1.82) is 0 Å². The molecule has 190 valence electrons. The largest absolute Gasteiger partial charge is 0.481 e. The molecule has 2 rings (SSSR count). The molecule has 0 radical (unpaired) electrons. The normalized spacial score (nSPS) is 11.3. The van der Waals surface area contributed by atoms with E-state index in [9.17, 15) is 14.4 Å². The number of rotatable bonds is 12. The highest BCUT2D eigenvalue weighted by Crippen LogP contribution is 2.34. The lowest BCUT2D eigenvalue weighted by atomic mass is 10.2. The number of hydrogen-bond acceptors (Lipinski definition) is 12. The molecule has 1 aromatic heterocycles. The molecule has 1 heterocycles. The van der Waals surface area contributed by atoms with E-state index in [4.69, 9.17) is 35.3 Å². The van der Waals surface area contributed by atoms with Gasteiger partial charge in [0.05, 0.1) is 37.5 Å². The zero-order chi connectivity index (χ0) is 25.8. The van der Waals surface area contributed by atoms with Gasteiger partial charge in [0.15, 0.2) is 5.16 Å². The lowest BCUT2D eigenvalue weighted by Gasteiger charge is -2.18. The number of aromatic nitrogens is 2. The van der Waals surface area contributed by atoms with Gasteiger partial charge in [0.1, 0.15) is 0 Å². The lowest BCUT2D eigenvalue weighted by Crippen LogP contribution is -2.33. The van der Waals surface area contributed by atoms with Crippen molar-refractivity contribution >= 4 is 52.4 Å². The summed E-state index contributed by atoms with van der Waals surface area (Å²) in [7, 11) is 2.88. The SMILES string of the molecule is CCCCOC(=O)C(OC(=O)SCC)OC(=O)c1c(Cl)cccc1Sc1nc(OC)cc(OC)n1. The molecule has 13 heteroatoms. The number of hydrogen-bond donors (Lipinski definition) is 0. The van der Waals surface area contributed by atoms with Gasteiger partial charge < -0.3 is 23.7 Å². The zero-order valence-corrected chi connectivity index (χ0v) is 22.0. The number of carbonyl (C=O) groups is 3.